The van der Waals surface area contributed by atoms with Gasteiger partial charge in [0.15, 0.2) is 12.1 Å². The first kappa shape index (κ1) is 13.0. The summed E-state index contributed by atoms with van der Waals surface area (Å²) in [4.78, 5) is 0. The summed E-state index contributed by atoms with van der Waals surface area (Å²) in [7, 11) is 1.40. The second kappa shape index (κ2) is 5.20. The molecule has 6 unspecified atom stereocenters. The van der Waals surface area contributed by atoms with Crippen molar-refractivity contribution >= 4 is 0 Å². The van der Waals surface area contributed by atoms with Crippen LogP contribution in [0.25, 0.3) is 0 Å². The van der Waals surface area contributed by atoms with Gasteiger partial charge in [-0.05, 0) is 12.1 Å². The molecule has 0 bridgehead atoms. The van der Waals surface area contributed by atoms with Crippen LogP contribution in [0.5, 0.6) is 0 Å². The first-order valence-electron chi connectivity index (χ1n) is 6.05. The molecule has 3 heterocycles. The van der Waals surface area contributed by atoms with Crippen molar-refractivity contribution in [2.45, 2.75) is 37.0 Å². The van der Waals surface area contributed by atoms with Crippen LogP contribution in [-0.4, -0.2) is 54.6 Å². The Morgan fingerprint density at radius 2 is 2.11 bits per heavy atom. The van der Waals surface area contributed by atoms with E-state index in [9.17, 15) is 10.2 Å². The molecular weight excluding hydrogens is 256 g/mol. The molecule has 7 heteroatoms. The second-order valence-corrected chi connectivity index (χ2v) is 4.54. The summed E-state index contributed by atoms with van der Waals surface area (Å²) < 4.78 is 26.7. The largest absolute Gasteiger partial charge is 0.464 e. The minimum absolute atomic E-state index is 0.222. The van der Waals surface area contributed by atoms with E-state index < -0.39 is 37.0 Å². The number of ether oxygens (including phenoxy) is 4. The molecule has 2 aliphatic heterocycles. The third-order valence-electron chi connectivity index (χ3n) is 3.34. The molecule has 0 aromatic carbocycles. The van der Waals surface area contributed by atoms with Crippen LogP contribution >= 0.6 is 0 Å². The third-order valence-corrected chi connectivity index (χ3v) is 3.34. The lowest BCUT2D eigenvalue weighted by Crippen LogP contribution is -2.62. The van der Waals surface area contributed by atoms with E-state index in [0.29, 0.717) is 5.76 Å². The van der Waals surface area contributed by atoms with Crippen molar-refractivity contribution < 1.29 is 33.6 Å². The predicted molar refractivity (Wildman–Crippen MR) is 60.0 cm³/mol. The van der Waals surface area contributed by atoms with Gasteiger partial charge in [-0.3, -0.25) is 0 Å². The van der Waals surface area contributed by atoms with Crippen molar-refractivity contribution in [3.8, 4) is 0 Å². The van der Waals surface area contributed by atoms with Crippen LogP contribution < -0.4 is 0 Å². The lowest BCUT2D eigenvalue weighted by atomic mass is 9.98. The van der Waals surface area contributed by atoms with E-state index in [4.69, 9.17) is 23.4 Å². The Morgan fingerprint density at radius 1 is 1.26 bits per heavy atom. The molecule has 1 aromatic heterocycles. The Labute approximate surface area is 109 Å². The van der Waals surface area contributed by atoms with Crippen molar-refractivity contribution in [1.29, 1.82) is 0 Å². The SMILES string of the molecule is COC1OC2COC(c3ccco3)OC2C(O)C1O. The molecule has 2 saturated heterocycles. The van der Waals surface area contributed by atoms with Crippen LogP contribution in [0.2, 0.25) is 0 Å². The summed E-state index contributed by atoms with van der Waals surface area (Å²) in [5.74, 6) is 0.508. The van der Waals surface area contributed by atoms with E-state index in [1.165, 1.54) is 13.4 Å². The van der Waals surface area contributed by atoms with Gasteiger partial charge in [0, 0.05) is 7.11 Å². The number of hydrogen-bond acceptors (Lipinski definition) is 7. The number of methoxy groups -OCH3 is 1. The topological polar surface area (TPSA) is 90.5 Å². The average Bonchev–Trinajstić information content (AvgIpc) is 2.96. The van der Waals surface area contributed by atoms with Crippen LogP contribution in [0.1, 0.15) is 12.1 Å². The zero-order valence-corrected chi connectivity index (χ0v) is 10.3. The summed E-state index contributed by atoms with van der Waals surface area (Å²) in [5.41, 5.74) is 0. The summed E-state index contributed by atoms with van der Waals surface area (Å²) in [6, 6.07) is 3.44. The fourth-order valence-corrected chi connectivity index (χ4v) is 2.34. The zero-order chi connectivity index (χ0) is 13.4. The van der Waals surface area contributed by atoms with Gasteiger partial charge in [-0.25, -0.2) is 0 Å². The standard InChI is InChI=1S/C12H16O7/c1-15-12-9(14)8(13)10-7(18-12)5-17-11(19-10)6-3-2-4-16-6/h2-4,7-14H,5H2,1H3. The molecule has 19 heavy (non-hydrogen) atoms. The van der Waals surface area contributed by atoms with Gasteiger partial charge >= 0.3 is 0 Å². The molecule has 0 saturated carbocycles. The van der Waals surface area contributed by atoms with E-state index in [1.807, 2.05) is 0 Å². The van der Waals surface area contributed by atoms with Crippen LogP contribution in [0, 0.1) is 0 Å². The zero-order valence-electron chi connectivity index (χ0n) is 10.3. The quantitative estimate of drug-likeness (QED) is 0.769. The van der Waals surface area contributed by atoms with Crippen molar-refractivity contribution in [3.05, 3.63) is 24.2 Å². The molecule has 0 spiro atoms. The van der Waals surface area contributed by atoms with Crippen LogP contribution in [-0.2, 0) is 18.9 Å². The van der Waals surface area contributed by atoms with Gasteiger partial charge in [0.2, 0.25) is 6.29 Å². The smallest absolute Gasteiger partial charge is 0.217 e. The summed E-state index contributed by atoms with van der Waals surface area (Å²) in [6.45, 7) is 0.222. The maximum absolute atomic E-state index is 10.1. The monoisotopic (exact) mass is 272 g/mol. The van der Waals surface area contributed by atoms with Crippen molar-refractivity contribution in [3.63, 3.8) is 0 Å². The molecule has 1 aromatic rings. The number of furan rings is 1. The molecule has 0 amide bonds. The van der Waals surface area contributed by atoms with E-state index in [1.54, 1.807) is 12.1 Å². The van der Waals surface area contributed by atoms with Gasteiger partial charge in [-0.2, -0.15) is 0 Å². The Kier molecular flexibility index (Phi) is 3.57. The Morgan fingerprint density at radius 3 is 2.79 bits per heavy atom. The molecule has 7 nitrogen and oxygen atoms in total. The molecule has 2 fully saturated rings. The maximum atomic E-state index is 10.1. The van der Waals surface area contributed by atoms with Crippen molar-refractivity contribution in [2.24, 2.45) is 0 Å². The van der Waals surface area contributed by atoms with Gasteiger partial charge < -0.3 is 33.6 Å². The number of hydrogen-bond donors (Lipinski definition) is 2. The van der Waals surface area contributed by atoms with E-state index >= 15 is 0 Å². The Bertz CT molecular complexity index is 404. The van der Waals surface area contributed by atoms with Gasteiger partial charge in [-0.15, -0.1) is 0 Å². The van der Waals surface area contributed by atoms with E-state index in [2.05, 4.69) is 0 Å². The van der Waals surface area contributed by atoms with Gasteiger partial charge in [0.25, 0.3) is 0 Å². The average molecular weight is 272 g/mol. The highest BCUT2D eigenvalue weighted by atomic mass is 16.8. The summed E-state index contributed by atoms with van der Waals surface area (Å²) >= 11 is 0. The maximum Gasteiger partial charge on any atom is 0.217 e. The Balaban J connectivity index is 1.73. The highest BCUT2D eigenvalue weighted by Crippen LogP contribution is 2.34. The van der Waals surface area contributed by atoms with Crippen LogP contribution in [0.15, 0.2) is 22.8 Å². The minimum Gasteiger partial charge on any atom is -0.464 e. The lowest BCUT2D eigenvalue weighted by molar-refractivity contribution is -0.360. The van der Waals surface area contributed by atoms with Gasteiger partial charge in [0.1, 0.15) is 24.4 Å². The number of rotatable bonds is 2. The van der Waals surface area contributed by atoms with Crippen LogP contribution in [0.3, 0.4) is 0 Å². The first-order chi connectivity index (χ1) is 9.20. The molecule has 6 atom stereocenters. The highest BCUT2D eigenvalue weighted by molar-refractivity contribution is 5.02. The first-order valence-corrected chi connectivity index (χ1v) is 6.05. The molecule has 0 aliphatic carbocycles. The number of aliphatic hydroxyl groups excluding tert-OH is 2. The number of aliphatic hydroxyl groups is 2. The highest BCUT2D eigenvalue weighted by Gasteiger charge is 2.49. The molecule has 2 N–H and O–H groups in total. The van der Waals surface area contributed by atoms with Crippen molar-refractivity contribution in [2.75, 3.05) is 13.7 Å². The molecule has 2 aliphatic rings. The molecule has 3 rings (SSSR count). The predicted octanol–water partition coefficient (Wildman–Crippen LogP) is -0.213. The fraction of sp³-hybridized carbons (Fsp3) is 0.667. The van der Waals surface area contributed by atoms with Gasteiger partial charge in [0.05, 0.1) is 12.9 Å². The summed E-state index contributed by atoms with van der Waals surface area (Å²) in [6.07, 6.45) is -3.53. The Hall–Kier alpha value is -0.960. The molecule has 106 valence electrons. The number of fused-ring (bicyclic) bond motifs is 1. The third kappa shape index (κ3) is 2.29. The van der Waals surface area contributed by atoms with E-state index in [-0.39, 0.29) is 6.61 Å². The lowest BCUT2D eigenvalue weighted by Gasteiger charge is -2.45. The minimum atomic E-state index is -1.17. The van der Waals surface area contributed by atoms with Crippen molar-refractivity contribution in [1.82, 2.24) is 0 Å². The van der Waals surface area contributed by atoms with Crippen LogP contribution in [0.4, 0.5) is 0 Å². The van der Waals surface area contributed by atoms with Gasteiger partial charge in [-0.1, -0.05) is 0 Å². The fourth-order valence-electron chi connectivity index (χ4n) is 2.34. The molecule has 0 radical (unpaired) electrons. The van der Waals surface area contributed by atoms with E-state index in [0.717, 1.165) is 0 Å². The molecular formula is C12H16O7. The normalized spacial score (nSPS) is 42.9. The summed E-state index contributed by atoms with van der Waals surface area (Å²) in [5, 5.41) is 19.9. The second-order valence-electron chi connectivity index (χ2n) is 4.54.